The zero-order valence-electron chi connectivity index (χ0n) is 12.1. The molecule has 0 amide bonds. The molecule has 1 aromatic heterocycles. The molecule has 1 aliphatic rings. The Morgan fingerprint density at radius 1 is 1.33 bits per heavy atom. The molecule has 1 fully saturated rings. The van der Waals surface area contributed by atoms with Crippen LogP contribution in [-0.4, -0.2) is 43.8 Å². The number of halogens is 3. The maximum atomic E-state index is 12.9. The van der Waals surface area contributed by atoms with Crippen LogP contribution >= 0.6 is 0 Å². The molecule has 0 atom stereocenters. The van der Waals surface area contributed by atoms with Gasteiger partial charge in [0.25, 0.3) is 0 Å². The number of alkyl halides is 3. The van der Waals surface area contributed by atoms with Crippen molar-refractivity contribution in [2.45, 2.75) is 19.0 Å². The molecule has 1 N–H and O–H groups in total. The first-order valence-corrected chi connectivity index (χ1v) is 6.83. The average molecular weight is 304 g/mol. The molecule has 21 heavy (non-hydrogen) atoms. The number of ether oxygens (including phenoxy) is 1. The SMILES string of the molecule is CNc1nc(N(C)CC2CCOCC2)cc(C(F)(F)F)n1. The zero-order chi connectivity index (χ0) is 15.5. The number of nitrogens with one attached hydrogen (secondary N) is 1. The first kappa shape index (κ1) is 15.8. The lowest BCUT2D eigenvalue weighted by Crippen LogP contribution is -2.30. The van der Waals surface area contributed by atoms with Gasteiger partial charge in [-0.1, -0.05) is 0 Å². The molecule has 0 aliphatic carbocycles. The van der Waals surface area contributed by atoms with Gasteiger partial charge >= 0.3 is 6.18 Å². The van der Waals surface area contributed by atoms with Crippen LogP contribution in [0.25, 0.3) is 0 Å². The Morgan fingerprint density at radius 3 is 2.57 bits per heavy atom. The summed E-state index contributed by atoms with van der Waals surface area (Å²) in [5, 5.41) is 2.57. The van der Waals surface area contributed by atoms with Crippen LogP contribution in [-0.2, 0) is 10.9 Å². The Bertz CT molecular complexity index is 475. The highest BCUT2D eigenvalue weighted by Gasteiger charge is 2.34. The van der Waals surface area contributed by atoms with Gasteiger partial charge in [0.05, 0.1) is 0 Å². The lowest BCUT2D eigenvalue weighted by Gasteiger charge is -2.28. The minimum atomic E-state index is -4.48. The molecule has 0 radical (unpaired) electrons. The molecule has 1 saturated heterocycles. The van der Waals surface area contributed by atoms with Crippen molar-refractivity contribution >= 4 is 11.8 Å². The van der Waals surface area contributed by atoms with E-state index in [1.165, 1.54) is 7.05 Å². The summed E-state index contributed by atoms with van der Waals surface area (Å²) in [6.45, 7) is 2.07. The molecule has 2 heterocycles. The number of nitrogens with zero attached hydrogens (tertiary/aromatic N) is 3. The van der Waals surface area contributed by atoms with Gasteiger partial charge in [-0.3, -0.25) is 0 Å². The third-order valence-corrected chi connectivity index (χ3v) is 3.49. The summed E-state index contributed by atoms with van der Waals surface area (Å²) in [5.41, 5.74) is -0.935. The highest BCUT2D eigenvalue weighted by atomic mass is 19.4. The molecular weight excluding hydrogens is 285 g/mol. The molecule has 2 rings (SSSR count). The Balaban J connectivity index is 2.17. The maximum Gasteiger partial charge on any atom is 0.433 e. The second-order valence-corrected chi connectivity index (χ2v) is 5.12. The average Bonchev–Trinajstić information content (AvgIpc) is 2.46. The van der Waals surface area contributed by atoms with E-state index in [0.29, 0.717) is 25.7 Å². The Morgan fingerprint density at radius 2 is 2.00 bits per heavy atom. The summed E-state index contributed by atoms with van der Waals surface area (Å²) in [5.74, 6) is 0.651. The number of aromatic nitrogens is 2. The van der Waals surface area contributed by atoms with Crippen LogP contribution in [0.1, 0.15) is 18.5 Å². The van der Waals surface area contributed by atoms with Crippen LogP contribution in [0.4, 0.5) is 24.9 Å². The molecule has 0 bridgehead atoms. The van der Waals surface area contributed by atoms with Crippen molar-refractivity contribution in [3.8, 4) is 0 Å². The minimum Gasteiger partial charge on any atom is -0.381 e. The summed E-state index contributed by atoms with van der Waals surface area (Å²) in [6, 6.07) is 0.986. The fraction of sp³-hybridized carbons (Fsp3) is 0.692. The summed E-state index contributed by atoms with van der Waals surface area (Å²) in [4.78, 5) is 9.31. The summed E-state index contributed by atoms with van der Waals surface area (Å²) >= 11 is 0. The molecule has 0 spiro atoms. The van der Waals surface area contributed by atoms with Crippen LogP contribution in [0.15, 0.2) is 6.07 Å². The Hall–Kier alpha value is -1.57. The van der Waals surface area contributed by atoms with Gasteiger partial charge < -0.3 is 15.0 Å². The normalized spacial score (nSPS) is 16.8. The van der Waals surface area contributed by atoms with Gasteiger partial charge in [-0.15, -0.1) is 0 Å². The second kappa shape index (κ2) is 6.46. The zero-order valence-corrected chi connectivity index (χ0v) is 12.1. The molecule has 0 unspecified atom stereocenters. The van der Waals surface area contributed by atoms with Gasteiger partial charge in [0, 0.05) is 39.9 Å². The van der Waals surface area contributed by atoms with Crippen molar-refractivity contribution < 1.29 is 17.9 Å². The maximum absolute atomic E-state index is 12.9. The van der Waals surface area contributed by atoms with Crippen molar-refractivity contribution in [3.63, 3.8) is 0 Å². The van der Waals surface area contributed by atoms with Crippen LogP contribution in [0.5, 0.6) is 0 Å². The lowest BCUT2D eigenvalue weighted by molar-refractivity contribution is -0.141. The number of anilines is 2. The molecule has 1 aliphatic heterocycles. The van der Waals surface area contributed by atoms with Crippen molar-refractivity contribution in [3.05, 3.63) is 11.8 Å². The first-order valence-electron chi connectivity index (χ1n) is 6.83. The monoisotopic (exact) mass is 304 g/mol. The fourth-order valence-electron chi connectivity index (χ4n) is 2.30. The number of hydrogen-bond donors (Lipinski definition) is 1. The quantitative estimate of drug-likeness (QED) is 0.925. The largest absolute Gasteiger partial charge is 0.433 e. The Kier molecular flexibility index (Phi) is 4.87. The molecule has 0 aromatic carbocycles. The van der Waals surface area contributed by atoms with Crippen LogP contribution in [0.3, 0.4) is 0 Å². The molecule has 8 heteroatoms. The van der Waals surface area contributed by atoms with Crippen LogP contribution in [0.2, 0.25) is 0 Å². The standard InChI is InChI=1S/C13H19F3N4O/c1-17-12-18-10(13(14,15)16)7-11(19-12)20(2)8-9-3-5-21-6-4-9/h7,9H,3-6,8H2,1-2H3,(H,17,18,19). The second-order valence-electron chi connectivity index (χ2n) is 5.12. The fourth-order valence-corrected chi connectivity index (χ4v) is 2.30. The lowest BCUT2D eigenvalue weighted by atomic mass is 10.00. The summed E-state index contributed by atoms with van der Waals surface area (Å²) in [7, 11) is 3.25. The molecular formula is C13H19F3N4O. The van der Waals surface area contributed by atoms with Crippen LogP contribution < -0.4 is 10.2 Å². The summed E-state index contributed by atoms with van der Waals surface area (Å²) < 4.78 is 43.8. The molecule has 5 nitrogen and oxygen atoms in total. The summed E-state index contributed by atoms with van der Waals surface area (Å²) in [6.07, 6.45) is -2.65. The highest BCUT2D eigenvalue weighted by molar-refractivity contribution is 5.44. The molecule has 118 valence electrons. The predicted molar refractivity (Wildman–Crippen MR) is 73.4 cm³/mol. The Labute approximate surface area is 121 Å². The van der Waals surface area contributed by atoms with Crippen LogP contribution in [0, 0.1) is 5.92 Å². The molecule has 0 saturated carbocycles. The van der Waals surface area contributed by atoms with E-state index >= 15 is 0 Å². The third-order valence-electron chi connectivity index (χ3n) is 3.49. The van der Waals surface area contributed by atoms with Crippen molar-refractivity contribution in [1.29, 1.82) is 0 Å². The van der Waals surface area contributed by atoms with Gasteiger partial charge in [0.2, 0.25) is 5.95 Å². The minimum absolute atomic E-state index is 0.0290. The van der Waals surface area contributed by atoms with Gasteiger partial charge in [-0.05, 0) is 18.8 Å². The number of hydrogen-bond acceptors (Lipinski definition) is 5. The van der Waals surface area contributed by atoms with Gasteiger partial charge in [0.1, 0.15) is 5.82 Å². The van der Waals surface area contributed by atoms with Gasteiger partial charge in [-0.25, -0.2) is 4.98 Å². The third kappa shape index (κ3) is 4.20. The van der Waals surface area contributed by atoms with E-state index in [-0.39, 0.29) is 11.8 Å². The van der Waals surface area contributed by atoms with Crippen molar-refractivity contribution in [2.24, 2.45) is 5.92 Å². The van der Waals surface area contributed by atoms with Gasteiger partial charge in [0.15, 0.2) is 5.69 Å². The van der Waals surface area contributed by atoms with Gasteiger partial charge in [-0.2, -0.15) is 18.2 Å². The predicted octanol–water partition coefficient (Wildman–Crippen LogP) is 2.40. The van der Waals surface area contributed by atoms with E-state index in [2.05, 4.69) is 15.3 Å². The highest BCUT2D eigenvalue weighted by Crippen LogP contribution is 2.30. The first-order chi connectivity index (χ1) is 9.90. The topological polar surface area (TPSA) is 50.3 Å². The van der Waals surface area contributed by atoms with E-state index in [0.717, 1.165) is 18.9 Å². The van der Waals surface area contributed by atoms with E-state index in [1.807, 2.05) is 0 Å². The van der Waals surface area contributed by atoms with Crippen molar-refractivity contribution in [2.75, 3.05) is 44.1 Å². The van der Waals surface area contributed by atoms with E-state index in [1.54, 1.807) is 11.9 Å². The van der Waals surface area contributed by atoms with E-state index < -0.39 is 11.9 Å². The van der Waals surface area contributed by atoms with Crippen molar-refractivity contribution in [1.82, 2.24) is 9.97 Å². The smallest absolute Gasteiger partial charge is 0.381 e. The number of rotatable bonds is 4. The van der Waals surface area contributed by atoms with E-state index in [9.17, 15) is 13.2 Å². The van der Waals surface area contributed by atoms with E-state index in [4.69, 9.17) is 4.74 Å². The molecule has 1 aromatic rings.